The molecule has 0 aromatic heterocycles. The van der Waals surface area contributed by atoms with Crippen LogP contribution in [0.3, 0.4) is 0 Å². The van der Waals surface area contributed by atoms with Gasteiger partial charge in [0.15, 0.2) is 0 Å². The Bertz CT molecular complexity index is 781. The molecular weight excluding hydrogens is 402 g/mol. The molecule has 2 N–H and O–H groups in total. The molecule has 158 valence electrons. The van der Waals surface area contributed by atoms with Gasteiger partial charge in [0.1, 0.15) is 10.6 Å². The van der Waals surface area contributed by atoms with E-state index < -0.39 is 10.0 Å². The minimum atomic E-state index is -3.64. The molecule has 2 heterocycles. The first-order chi connectivity index (χ1) is 12.9. The minimum Gasteiger partial charge on any atom is -0.492 e. The van der Waals surface area contributed by atoms with E-state index in [1.165, 1.54) is 10.4 Å². The van der Waals surface area contributed by atoms with Gasteiger partial charge in [-0.2, -0.15) is 4.31 Å². The summed E-state index contributed by atoms with van der Waals surface area (Å²) in [5.41, 5.74) is 0.493. The molecule has 1 aromatic carbocycles. The summed E-state index contributed by atoms with van der Waals surface area (Å²) < 4.78 is 33.1. The Balaban J connectivity index is 0.00000280. The molecule has 0 spiro atoms. The number of carbonyl (C=O) groups is 1. The molecule has 2 fully saturated rings. The lowest BCUT2D eigenvalue weighted by Crippen LogP contribution is -2.40. The number of benzene rings is 1. The lowest BCUT2D eigenvalue weighted by Gasteiger charge is -2.27. The number of halogens is 1. The highest BCUT2D eigenvalue weighted by atomic mass is 35.5. The van der Waals surface area contributed by atoms with Gasteiger partial charge in [0.05, 0.1) is 6.61 Å². The topological polar surface area (TPSA) is 87.7 Å². The number of sulfonamides is 1. The maximum absolute atomic E-state index is 13.0. The van der Waals surface area contributed by atoms with Crippen molar-refractivity contribution in [3.63, 3.8) is 0 Å². The molecule has 2 aliphatic rings. The second-order valence-electron chi connectivity index (χ2n) is 7.27. The van der Waals surface area contributed by atoms with Crippen molar-refractivity contribution < 1.29 is 17.9 Å². The maximum Gasteiger partial charge on any atom is 0.246 e. The molecule has 9 heteroatoms. The maximum atomic E-state index is 13.0. The monoisotopic (exact) mass is 431 g/mol. The second kappa shape index (κ2) is 9.91. The molecule has 2 aliphatic heterocycles. The fourth-order valence-corrected chi connectivity index (χ4v) is 5.42. The van der Waals surface area contributed by atoms with Crippen LogP contribution in [0.2, 0.25) is 0 Å². The van der Waals surface area contributed by atoms with Crippen molar-refractivity contribution in [1.29, 1.82) is 0 Å². The van der Waals surface area contributed by atoms with Crippen LogP contribution in [0.5, 0.6) is 5.75 Å². The highest BCUT2D eigenvalue weighted by Crippen LogP contribution is 2.32. The quantitative estimate of drug-likeness (QED) is 0.722. The van der Waals surface area contributed by atoms with Gasteiger partial charge in [-0.05, 0) is 64.3 Å². The van der Waals surface area contributed by atoms with Crippen LogP contribution in [0, 0.1) is 5.92 Å². The van der Waals surface area contributed by atoms with Crippen molar-refractivity contribution in [3.05, 3.63) is 18.2 Å². The third-order valence-electron chi connectivity index (χ3n) is 5.19. The number of nitrogens with one attached hydrogen (secondary N) is 2. The molecule has 0 unspecified atom stereocenters. The summed E-state index contributed by atoms with van der Waals surface area (Å²) in [5.74, 6) is 0.210. The molecule has 28 heavy (non-hydrogen) atoms. The summed E-state index contributed by atoms with van der Waals surface area (Å²) in [7, 11) is -3.64. The predicted octanol–water partition coefficient (Wildman–Crippen LogP) is 2.62. The third-order valence-corrected chi connectivity index (χ3v) is 7.11. The fraction of sp³-hybridized carbons (Fsp3) is 0.632. The van der Waals surface area contributed by atoms with Crippen LogP contribution >= 0.6 is 12.4 Å². The van der Waals surface area contributed by atoms with E-state index in [0.717, 1.165) is 32.2 Å². The van der Waals surface area contributed by atoms with Crippen LogP contribution < -0.4 is 15.4 Å². The molecule has 0 radical (unpaired) electrons. The molecule has 2 atom stereocenters. The molecule has 2 saturated heterocycles. The molecule has 0 bridgehead atoms. The Labute approximate surface area is 173 Å². The molecule has 1 aromatic rings. The van der Waals surface area contributed by atoms with Gasteiger partial charge in [-0.3, -0.25) is 4.79 Å². The minimum absolute atomic E-state index is 0. The Morgan fingerprint density at radius 3 is 2.68 bits per heavy atom. The van der Waals surface area contributed by atoms with Gasteiger partial charge < -0.3 is 15.4 Å². The Kier molecular flexibility index (Phi) is 8.12. The Morgan fingerprint density at radius 2 is 2.04 bits per heavy atom. The van der Waals surface area contributed by atoms with Crippen molar-refractivity contribution >= 4 is 34.0 Å². The second-order valence-corrected chi connectivity index (χ2v) is 9.18. The highest BCUT2D eigenvalue weighted by Gasteiger charge is 2.31. The predicted molar refractivity (Wildman–Crippen MR) is 112 cm³/mol. The zero-order valence-corrected chi connectivity index (χ0v) is 18.1. The lowest BCUT2D eigenvalue weighted by molar-refractivity contribution is -0.120. The zero-order chi connectivity index (χ0) is 19.4. The normalized spacial score (nSPS) is 23.1. The Hall–Kier alpha value is -1.35. The van der Waals surface area contributed by atoms with Gasteiger partial charge in [-0.1, -0.05) is 0 Å². The van der Waals surface area contributed by atoms with Gasteiger partial charge in [-0.25, -0.2) is 8.42 Å². The van der Waals surface area contributed by atoms with E-state index in [0.29, 0.717) is 37.2 Å². The van der Waals surface area contributed by atoms with Crippen molar-refractivity contribution in [2.24, 2.45) is 5.92 Å². The summed E-state index contributed by atoms with van der Waals surface area (Å²) in [6, 6.07) is 5.17. The van der Waals surface area contributed by atoms with E-state index in [1.54, 1.807) is 12.1 Å². The van der Waals surface area contributed by atoms with E-state index >= 15 is 0 Å². The van der Waals surface area contributed by atoms with Crippen LogP contribution in [0.4, 0.5) is 5.69 Å². The number of nitrogens with zero attached hydrogens (tertiary/aromatic N) is 1. The number of anilines is 1. The SMILES string of the molecule is CCOc1ccc(NC(=O)[C@H]2CCN[C@@H](C)C2)cc1S(=O)(=O)N1CCCC1.Cl. The number of amides is 1. The molecular formula is C19H30ClN3O4S. The number of hydrogen-bond acceptors (Lipinski definition) is 5. The lowest BCUT2D eigenvalue weighted by atomic mass is 9.92. The van der Waals surface area contributed by atoms with E-state index in [2.05, 4.69) is 17.6 Å². The highest BCUT2D eigenvalue weighted by molar-refractivity contribution is 7.89. The summed E-state index contributed by atoms with van der Waals surface area (Å²) in [4.78, 5) is 12.7. The first-order valence-electron chi connectivity index (χ1n) is 9.73. The van der Waals surface area contributed by atoms with Crippen LogP contribution in [0.1, 0.15) is 39.5 Å². The van der Waals surface area contributed by atoms with Crippen LogP contribution in [0.25, 0.3) is 0 Å². The van der Waals surface area contributed by atoms with E-state index in [1.807, 2.05) is 6.92 Å². The first-order valence-corrected chi connectivity index (χ1v) is 11.2. The average molecular weight is 432 g/mol. The smallest absolute Gasteiger partial charge is 0.246 e. The van der Waals surface area contributed by atoms with E-state index in [4.69, 9.17) is 4.74 Å². The molecule has 3 rings (SSSR count). The number of carbonyl (C=O) groups excluding carboxylic acids is 1. The standard InChI is InChI=1S/C19H29N3O4S.ClH/c1-3-26-17-7-6-16(21-19(23)15-8-9-20-14(2)12-15)13-18(17)27(24,25)22-10-4-5-11-22;/h6-7,13-15,20H,3-5,8-12H2,1-2H3,(H,21,23);1H/t14-,15-;/m0./s1. The largest absolute Gasteiger partial charge is 0.492 e. The number of hydrogen-bond donors (Lipinski definition) is 2. The number of rotatable bonds is 6. The fourth-order valence-electron chi connectivity index (χ4n) is 3.74. The van der Waals surface area contributed by atoms with Crippen molar-refractivity contribution in [2.75, 3.05) is 31.6 Å². The van der Waals surface area contributed by atoms with E-state index in [-0.39, 0.29) is 29.1 Å². The van der Waals surface area contributed by atoms with Crippen molar-refractivity contribution in [2.45, 2.75) is 50.5 Å². The van der Waals surface area contributed by atoms with Gasteiger partial charge in [0, 0.05) is 30.7 Å². The molecule has 7 nitrogen and oxygen atoms in total. The zero-order valence-electron chi connectivity index (χ0n) is 16.4. The summed E-state index contributed by atoms with van der Waals surface area (Å²) in [6.45, 7) is 6.13. The van der Waals surface area contributed by atoms with Crippen molar-refractivity contribution in [1.82, 2.24) is 9.62 Å². The van der Waals surface area contributed by atoms with Crippen LogP contribution in [-0.2, 0) is 14.8 Å². The van der Waals surface area contributed by atoms with Crippen molar-refractivity contribution in [3.8, 4) is 5.75 Å². The van der Waals surface area contributed by atoms with Gasteiger partial charge in [-0.15, -0.1) is 12.4 Å². The van der Waals surface area contributed by atoms with E-state index in [9.17, 15) is 13.2 Å². The average Bonchev–Trinajstić information content (AvgIpc) is 3.18. The summed E-state index contributed by atoms with van der Waals surface area (Å²) >= 11 is 0. The van der Waals surface area contributed by atoms with Gasteiger partial charge >= 0.3 is 0 Å². The third kappa shape index (κ3) is 5.17. The van der Waals surface area contributed by atoms with Gasteiger partial charge in [0.25, 0.3) is 0 Å². The molecule has 0 saturated carbocycles. The first kappa shape index (κ1) is 22.9. The molecule has 0 aliphatic carbocycles. The number of piperidine rings is 1. The molecule has 1 amide bonds. The summed E-state index contributed by atoms with van der Waals surface area (Å²) in [5, 5.41) is 6.23. The van der Waals surface area contributed by atoms with Crippen LogP contribution in [-0.4, -0.2) is 50.9 Å². The van der Waals surface area contributed by atoms with Gasteiger partial charge in [0.2, 0.25) is 15.9 Å². The van der Waals surface area contributed by atoms with Crippen LogP contribution in [0.15, 0.2) is 23.1 Å². The number of ether oxygens (including phenoxy) is 1. The summed E-state index contributed by atoms with van der Waals surface area (Å²) in [6.07, 6.45) is 3.30. The Morgan fingerprint density at radius 1 is 1.32 bits per heavy atom.